The number of rotatable bonds is 4. The number of nitriles is 1. The summed E-state index contributed by atoms with van der Waals surface area (Å²) in [5, 5.41) is 12.8. The van der Waals surface area contributed by atoms with Crippen LogP contribution in [-0.4, -0.2) is 11.5 Å². The summed E-state index contributed by atoms with van der Waals surface area (Å²) in [4.78, 5) is 17.6. The van der Waals surface area contributed by atoms with E-state index in [4.69, 9.17) is 17.3 Å². The number of thiophene rings is 1. The zero-order chi connectivity index (χ0) is 22.3. The van der Waals surface area contributed by atoms with Gasteiger partial charge in [0.1, 0.15) is 5.82 Å². The van der Waals surface area contributed by atoms with Crippen LogP contribution in [0.25, 0.3) is 0 Å². The van der Waals surface area contributed by atoms with Crippen LogP contribution in [-0.2, 0) is 4.79 Å². The number of allylic oxidation sites excluding steroid dienone is 3. The van der Waals surface area contributed by atoms with Crippen molar-refractivity contribution in [2.24, 2.45) is 11.1 Å². The van der Waals surface area contributed by atoms with Gasteiger partial charge in [0, 0.05) is 38.2 Å². The second-order valence-corrected chi connectivity index (χ2v) is 11.2. The SMILES string of the molecule is CCSc1ccsc1[C@@H]1C(C#N)=C(N)N(c2cccc(Cl)c2)C2=C1C(=O)CC(C)(C)C2. The molecule has 7 heteroatoms. The largest absolute Gasteiger partial charge is 0.384 e. The van der Waals surface area contributed by atoms with Crippen LogP contribution in [0.5, 0.6) is 0 Å². The van der Waals surface area contributed by atoms with Crippen molar-refractivity contribution in [1.82, 2.24) is 0 Å². The van der Waals surface area contributed by atoms with Gasteiger partial charge in [-0.15, -0.1) is 23.1 Å². The summed E-state index contributed by atoms with van der Waals surface area (Å²) in [7, 11) is 0. The molecule has 1 aromatic heterocycles. The van der Waals surface area contributed by atoms with Crippen molar-refractivity contribution in [3.05, 3.63) is 68.3 Å². The third kappa shape index (κ3) is 3.91. The van der Waals surface area contributed by atoms with Gasteiger partial charge in [-0.3, -0.25) is 9.69 Å². The van der Waals surface area contributed by atoms with Crippen molar-refractivity contribution in [1.29, 1.82) is 5.26 Å². The Labute approximate surface area is 196 Å². The van der Waals surface area contributed by atoms with Crippen molar-refractivity contribution in [3.63, 3.8) is 0 Å². The minimum atomic E-state index is -0.423. The van der Waals surface area contributed by atoms with Crippen LogP contribution >= 0.6 is 34.7 Å². The molecule has 0 amide bonds. The molecule has 0 fully saturated rings. The lowest BCUT2D eigenvalue weighted by Gasteiger charge is -2.43. The first-order chi connectivity index (χ1) is 14.8. The van der Waals surface area contributed by atoms with E-state index in [0.29, 0.717) is 34.8 Å². The number of carbonyl (C=O) groups is 1. The van der Waals surface area contributed by atoms with Crippen LogP contribution in [0.3, 0.4) is 0 Å². The van der Waals surface area contributed by atoms with Gasteiger partial charge in [0.05, 0.1) is 17.6 Å². The van der Waals surface area contributed by atoms with Gasteiger partial charge in [-0.05, 0) is 47.2 Å². The van der Waals surface area contributed by atoms with Gasteiger partial charge in [0.2, 0.25) is 0 Å². The molecular weight excluding hydrogens is 446 g/mol. The Bertz CT molecular complexity index is 1160. The fourth-order valence-electron chi connectivity index (χ4n) is 4.48. The second kappa shape index (κ2) is 8.38. The van der Waals surface area contributed by atoms with Crippen molar-refractivity contribution in [2.45, 2.75) is 44.4 Å². The molecule has 4 nitrogen and oxygen atoms in total. The molecule has 160 valence electrons. The number of Topliss-reactive ketones (excluding diaryl/α,β-unsaturated/α-hetero) is 1. The molecule has 1 aliphatic carbocycles. The van der Waals surface area contributed by atoms with Crippen LogP contribution in [0, 0.1) is 16.7 Å². The molecule has 0 unspecified atom stereocenters. The number of ketones is 1. The summed E-state index contributed by atoms with van der Waals surface area (Å²) < 4.78 is 0. The van der Waals surface area contributed by atoms with E-state index in [-0.39, 0.29) is 11.2 Å². The van der Waals surface area contributed by atoms with Gasteiger partial charge in [-0.25, -0.2) is 0 Å². The zero-order valence-corrected chi connectivity index (χ0v) is 20.1. The van der Waals surface area contributed by atoms with Crippen molar-refractivity contribution in [3.8, 4) is 6.07 Å². The first-order valence-electron chi connectivity index (χ1n) is 10.2. The summed E-state index contributed by atoms with van der Waals surface area (Å²) in [6.45, 7) is 6.30. The summed E-state index contributed by atoms with van der Waals surface area (Å²) in [6.07, 6.45) is 1.14. The monoisotopic (exact) mass is 469 g/mol. The smallest absolute Gasteiger partial charge is 0.162 e. The summed E-state index contributed by atoms with van der Waals surface area (Å²) in [5.41, 5.74) is 9.24. The molecular formula is C24H24ClN3OS2. The van der Waals surface area contributed by atoms with Crippen LogP contribution in [0.2, 0.25) is 5.02 Å². The molecule has 1 atom stereocenters. The number of benzene rings is 1. The molecule has 1 aliphatic heterocycles. The average Bonchev–Trinajstić information content (AvgIpc) is 3.14. The lowest BCUT2D eigenvalue weighted by Crippen LogP contribution is -2.42. The molecule has 0 saturated carbocycles. The topological polar surface area (TPSA) is 70.1 Å². The van der Waals surface area contributed by atoms with Gasteiger partial charge in [-0.2, -0.15) is 5.26 Å². The predicted molar refractivity (Wildman–Crippen MR) is 129 cm³/mol. The predicted octanol–water partition coefficient (Wildman–Crippen LogP) is 6.45. The van der Waals surface area contributed by atoms with E-state index >= 15 is 0 Å². The fraction of sp³-hybridized carbons (Fsp3) is 0.333. The summed E-state index contributed by atoms with van der Waals surface area (Å²) in [5.74, 6) is 0.955. The number of thioether (sulfide) groups is 1. The molecule has 4 rings (SSSR count). The van der Waals surface area contributed by atoms with Gasteiger partial charge < -0.3 is 5.73 Å². The summed E-state index contributed by atoms with van der Waals surface area (Å²) in [6, 6.07) is 11.8. The Balaban J connectivity index is 2.00. The lowest BCUT2D eigenvalue weighted by molar-refractivity contribution is -0.118. The highest BCUT2D eigenvalue weighted by Crippen LogP contribution is 2.52. The first kappa shape index (κ1) is 22.0. The van der Waals surface area contributed by atoms with Gasteiger partial charge in [-0.1, -0.05) is 38.4 Å². The van der Waals surface area contributed by atoms with Crippen LogP contribution in [0.4, 0.5) is 5.69 Å². The van der Waals surface area contributed by atoms with E-state index in [1.165, 1.54) is 0 Å². The third-order valence-electron chi connectivity index (χ3n) is 5.67. The second-order valence-electron chi connectivity index (χ2n) is 8.54. The normalized spacial score (nSPS) is 20.7. The van der Waals surface area contributed by atoms with E-state index in [0.717, 1.165) is 26.9 Å². The number of hydrogen-bond donors (Lipinski definition) is 1. The van der Waals surface area contributed by atoms with Gasteiger partial charge >= 0.3 is 0 Å². The molecule has 2 heterocycles. The Morgan fingerprint density at radius 2 is 2.13 bits per heavy atom. The lowest BCUT2D eigenvalue weighted by atomic mass is 9.69. The average molecular weight is 470 g/mol. The van der Waals surface area contributed by atoms with E-state index < -0.39 is 5.92 Å². The molecule has 0 saturated heterocycles. The zero-order valence-electron chi connectivity index (χ0n) is 17.7. The molecule has 2 aromatic rings. The Morgan fingerprint density at radius 1 is 1.35 bits per heavy atom. The standard InChI is InChI=1S/C24H24ClN3OS2/c1-4-30-19-8-9-31-22(19)20-16(13-26)23(27)28(15-7-5-6-14(25)10-15)17-11-24(2,3)12-18(29)21(17)20/h5-10,20H,4,11-12,27H2,1-3H3/t20-/m1/s1. The van der Waals surface area contributed by atoms with Gasteiger partial charge in [0.15, 0.2) is 5.78 Å². The molecule has 0 spiro atoms. The molecule has 0 bridgehead atoms. The van der Waals surface area contributed by atoms with E-state index in [1.54, 1.807) is 29.2 Å². The maximum Gasteiger partial charge on any atom is 0.162 e. The number of nitrogens with zero attached hydrogens (tertiary/aromatic N) is 2. The number of anilines is 1. The molecule has 2 N–H and O–H groups in total. The van der Waals surface area contributed by atoms with E-state index in [1.807, 2.05) is 28.5 Å². The molecule has 31 heavy (non-hydrogen) atoms. The number of halogens is 1. The van der Waals surface area contributed by atoms with Crippen LogP contribution < -0.4 is 10.6 Å². The van der Waals surface area contributed by atoms with Crippen molar-refractivity contribution in [2.75, 3.05) is 10.7 Å². The van der Waals surface area contributed by atoms with Crippen LogP contribution in [0.1, 0.15) is 44.4 Å². The maximum absolute atomic E-state index is 13.5. The minimum Gasteiger partial charge on any atom is -0.384 e. The Hall–Kier alpha value is -2.20. The molecule has 1 aromatic carbocycles. The number of nitrogens with two attached hydrogens (primary N) is 1. The van der Waals surface area contributed by atoms with Crippen molar-refractivity contribution >= 4 is 46.2 Å². The Morgan fingerprint density at radius 3 is 2.81 bits per heavy atom. The van der Waals surface area contributed by atoms with E-state index in [2.05, 4.69) is 32.9 Å². The highest BCUT2D eigenvalue weighted by atomic mass is 35.5. The van der Waals surface area contributed by atoms with Gasteiger partial charge in [0.25, 0.3) is 0 Å². The molecule has 0 radical (unpaired) electrons. The van der Waals surface area contributed by atoms with E-state index in [9.17, 15) is 10.1 Å². The quantitative estimate of drug-likeness (QED) is 0.520. The third-order valence-corrected chi connectivity index (χ3v) is 7.97. The molecule has 2 aliphatic rings. The number of carbonyl (C=O) groups excluding carboxylic acids is 1. The maximum atomic E-state index is 13.5. The Kier molecular flexibility index (Phi) is 5.95. The number of hydrogen-bond acceptors (Lipinski definition) is 6. The van der Waals surface area contributed by atoms with Crippen molar-refractivity contribution < 1.29 is 4.79 Å². The van der Waals surface area contributed by atoms with Crippen LogP contribution in [0.15, 0.2) is 63.3 Å². The minimum absolute atomic E-state index is 0.0874. The highest BCUT2D eigenvalue weighted by molar-refractivity contribution is 7.99. The highest BCUT2D eigenvalue weighted by Gasteiger charge is 2.45. The fourth-order valence-corrected chi connectivity index (χ4v) is 6.71. The summed E-state index contributed by atoms with van der Waals surface area (Å²) >= 11 is 9.59. The first-order valence-corrected chi connectivity index (χ1v) is 12.4.